The zero-order valence-corrected chi connectivity index (χ0v) is 14.3. The molecule has 132 valence electrons. The van der Waals surface area contributed by atoms with Crippen molar-refractivity contribution in [3.63, 3.8) is 0 Å². The predicted molar refractivity (Wildman–Crippen MR) is 97.6 cm³/mol. The first-order chi connectivity index (χ1) is 12.8. The van der Waals surface area contributed by atoms with E-state index < -0.39 is 0 Å². The number of aromatic nitrogens is 2. The highest BCUT2D eigenvalue weighted by Crippen LogP contribution is 2.19. The van der Waals surface area contributed by atoms with Crippen molar-refractivity contribution in [2.45, 2.75) is 12.5 Å². The Morgan fingerprint density at radius 3 is 2.81 bits per heavy atom. The van der Waals surface area contributed by atoms with Gasteiger partial charge in [-0.05, 0) is 24.1 Å². The van der Waals surface area contributed by atoms with Gasteiger partial charge in [-0.15, -0.1) is 0 Å². The summed E-state index contributed by atoms with van der Waals surface area (Å²) in [5.41, 5.74) is 2.79. The Kier molecular flexibility index (Phi) is 4.75. The summed E-state index contributed by atoms with van der Waals surface area (Å²) in [5, 5.41) is 7.51. The molecule has 3 heterocycles. The van der Waals surface area contributed by atoms with Gasteiger partial charge in [0.2, 0.25) is 5.76 Å². The molecular formula is C20H20N4O2. The van der Waals surface area contributed by atoms with Crippen molar-refractivity contribution in [3.05, 3.63) is 72.2 Å². The van der Waals surface area contributed by atoms with Crippen LogP contribution in [0.4, 0.5) is 0 Å². The second kappa shape index (κ2) is 7.49. The van der Waals surface area contributed by atoms with E-state index in [1.54, 1.807) is 18.5 Å². The number of nitrogens with zero attached hydrogens (tertiary/aromatic N) is 3. The number of hydrogen-bond donors (Lipinski definition) is 1. The van der Waals surface area contributed by atoms with Gasteiger partial charge in [-0.1, -0.05) is 35.5 Å². The fourth-order valence-electron chi connectivity index (χ4n) is 3.24. The van der Waals surface area contributed by atoms with Gasteiger partial charge >= 0.3 is 0 Å². The van der Waals surface area contributed by atoms with Gasteiger partial charge in [0.15, 0.2) is 0 Å². The molecule has 1 unspecified atom stereocenters. The third kappa shape index (κ3) is 3.65. The Morgan fingerprint density at radius 1 is 1.19 bits per heavy atom. The Labute approximate surface area is 151 Å². The van der Waals surface area contributed by atoms with E-state index in [1.807, 2.05) is 35.2 Å². The lowest BCUT2D eigenvalue weighted by atomic mass is 10.0. The molecule has 1 amide bonds. The lowest BCUT2D eigenvalue weighted by molar-refractivity contribution is 0.0661. The van der Waals surface area contributed by atoms with E-state index in [9.17, 15) is 4.79 Å². The van der Waals surface area contributed by atoms with Crippen molar-refractivity contribution in [3.8, 4) is 11.3 Å². The molecule has 1 aromatic carbocycles. The minimum atomic E-state index is -0.114. The third-order valence-corrected chi connectivity index (χ3v) is 4.56. The standard InChI is InChI=1S/C20H20N4O2/c25-20(19-13-18(23-26-19)16-6-8-21-9-7-16)24-11-10-22-17(14-24)12-15-4-2-1-3-5-15/h1-9,13,17,22H,10-12,14H2. The van der Waals surface area contributed by atoms with Crippen molar-refractivity contribution in [1.29, 1.82) is 0 Å². The van der Waals surface area contributed by atoms with Gasteiger partial charge in [0, 0.05) is 49.7 Å². The molecule has 4 rings (SSSR count). The number of amides is 1. The Morgan fingerprint density at radius 2 is 2.00 bits per heavy atom. The molecule has 1 fully saturated rings. The Balaban J connectivity index is 1.44. The van der Waals surface area contributed by atoms with Crippen LogP contribution >= 0.6 is 0 Å². The van der Waals surface area contributed by atoms with Gasteiger partial charge in [-0.2, -0.15) is 0 Å². The average molecular weight is 348 g/mol. The van der Waals surface area contributed by atoms with Crippen molar-refractivity contribution >= 4 is 5.91 Å². The zero-order valence-electron chi connectivity index (χ0n) is 14.3. The fourth-order valence-corrected chi connectivity index (χ4v) is 3.24. The molecule has 1 aliphatic rings. The number of carbonyl (C=O) groups excluding carboxylic acids is 1. The molecule has 1 saturated heterocycles. The molecular weight excluding hydrogens is 328 g/mol. The van der Waals surface area contributed by atoms with Crippen LogP contribution in [0.1, 0.15) is 16.1 Å². The van der Waals surface area contributed by atoms with Gasteiger partial charge in [-0.25, -0.2) is 0 Å². The van der Waals surface area contributed by atoms with Crippen LogP contribution in [-0.4, -0.2) is 46.6 Å². The maximum absolute atomic E-state index is 12.8. The van der Waals surface area contributed by atoms with Crippen LogP contribution in [0.15, 0.2) is 65.4 Å². The number of piperazine rings is 1. The molecule has 0 bridgehead atoms. The predicted octanol–water partition coefficient (Wildman–Crippen LogP) is 2.39. The molecule has 0 radical (unpaired) electrons. The maximum atomic E-state index is 12.8. The zero-order chi connectivity index (χ0) is 17.8. The second-order valence-electron chi connectivity index (χ2n) is 6.40. The van der Waals surface area contributed by atoms with Crippen LogP contribution in [0.3, 0.4) is 0 Å². The molecule has 26 heavy (non-hydrogen) atoms. The molecule has 0 saturated carbocycles. The minimum absolute atomic E-state index is 0.114. The number of hydrogen-bond acceptors (Lipinski definition) is 5. The van der Waals surface area contributed by atoms with E-state index >= 15 is 0 Å². The van der Waals surface area contributed by atoms with Crippen LogP contribution in [0, 0.1) is 0 Å². The molecule has 1 N–H and O–H groups in total. The largest absolute Gasteiger partial charge is 0.350 e. The van der Waals surface area contributed by atoms with Crippen molar-refractivity contribution < 1.29 is 9.32 Å². The summed E-state index contributed by atoms with van der Waals surface area (Å²) in [6.07, 6.45) is 4.27. The van der Waals surface area contributed by atoms with E-state index in [-0.39, 0.29) is 17.7 Å². The second-order valence-corrected chi connectivity index (χ2v) is 6.40. The number of carbonyl (C=O) groups is 1. The van der Waals surface area contributed by atoms with Gasteiger partial charge in [0.05, 0.1) is 0 Å². The summed E-state index contributed by atoms with van der Waals surface area (Å²) in [4.78, 5) is 18.6. The van der Waals surface area contributed by atoms with Crippen molar-refractivity contribution in [1.82, 2.24) is 20.4 Å². The highest BCUT2D eigenvalue weighted by Gasteiger charge is 2.26. The number of pyridine rings is 1. The summed E-state index contributed by atoms with van der Waals surface area (Å²) in [6.45, 7) is 2.09. The van der Waals surface area contributed by atoms with Crippen molar-refractivity contribution in [2.75, 3.05) is 19.6 Å². The normalized spacial score (nSPS) is 17.2. The minimum Gasteiger partial charge on any atom is -0.350 e. The molecule has 3 aromatic rings. The molecule has 1 aliphatic heterocycles. The first kappa shape index (κ1) is 16.5. The summed E-state index contributed by atoms with van der Waals surface area (Å²) < 4.78 is 5.31. The van der Waals surface area contributed by atoms with Gasteiger partial charge < -0.3 is 14.7 Å². The van der Waals surface area contributed by atoms with E-state index in [0.717, 1.165) is 18.5 Å². The third-order valence-electron chi connectivity index (χ3n) is 4.56. The summed E-state index contributed by atoms with van der Waals surface area (Å²) in [5.74, 6) is 0.162. The van der Waals surface area contributed by atoms with Gasteiger partial charge in [-0.3, -0.25) is 9.78 Å². The van der Waals surface area contributed by atoms with Crippen LogP contribution in [-0.2, 0) is 6.42 Å². The molecule has 6 heteroatoms. The number of benzene rings is 1. The van der Waals surface area contributed by atoms with Gasteiger partial charge in [0.25, 0.3) is 5.91 Å². The van der Waals surface area contributed by atoms with Crippen LogP contribution < -0.4 is 5.32 Å². The van der Waals surface area contributed by atoms with E-state index in [4.69, 9.17) is 4.52 Å². The molecule has 1 atom stereocenters. The summed E-state index contributed by atoms with van der Waals surface area (Å²) >= 11 is 0. The fraction of sp³-hybridized carbons (Fsp3) is 0.250. The van der Waals surface area contributed by atoms with Crippen LogP contribution in [0.25, 0.3) is 11.3 Å². The molecule has 6 nitrogen and oxygen atoms in total. The first-order valence-electron chi connectivity index (χ1n) is 8.73. The lowest BCUT2D eigenvalue weighted by Gasteiger charge is -2.33. The van der Waals surface area contributed by atoms with Gasteiger partial charge in [0.1, 0.15) is 5.69 Å². The Hall–Kier alpha value is -2.99. The Bertz CT molecular complexity index is 864. The smallest absolute Gasteiger partial charge is 0.292 e. The van der Waals surface area contributed by atoms with E-state index in [2.05, 4.69) is 27.6 Å². The number of nitrogens with one attached hydrogen (secondary N) is 1. The highest BCUT2D eigenvalue weighted by molar-refractivity contribution is 5.92. The first-order valence-corrected chi connectivity index (χ1v) is 8.73. The molecule has 0 spiro atoms. The molecule has 0 aliphatic carbocycles. The summed E-state index contributed by atoms with van der Waals surface area (Å²) in [6, 6.07) is 15.9. The van der Waals surface area contributed by atoms with E-state index in [0.29, 0.717) is 18.8 Å². The monoisotopic (exact) mass is 348 g/mol. The summed E-state index contributed by atoms with van der Waals surface area (Å²) in [7, 11) is 0. The number of rotatable bonds is 4. The quantitative estimate of drug-likeness (QED) is 0.784. The van der Waals surface area contributed by atoms with Crippen molar-refractivity contribution in [2.24, 2.45) is 0 Å². The average Bonchev–Trinajstić information content (AvgIpc) is 3.19. The highest BCUT2D eigenvalue weighted by atomic mass is 16.5. The SMILES string of the molecule is O=C(c1cc(-c2ccncc2)no1)N1CCNC(Cc2ccccc2)C1. The molecule has 2 aromatic heterocycles. The maximum Gasteiger partial charge on any atom is 0.292 e. The lowest BCUT2D eigenvalue weighted by Crippen LogP contribution is -2.53. The van der Waals surface area contributed by atoms with Crippen LogP contribution in [0.2, 0.25) is 0 Å². The van der Waals surface area contributed by atoms with Crippen LogP contribution in [0.5, 0.6) is 0 Å². The topological polar surface area (TPSA) is 71.3 Å². The van der Waals surface area contributed by atoms with E-state index in [1.165, 1.54) is 5.56 Å².